The fourth-order valence-electron chi connectivity index (χ4n) is 4.66. The topological polar surface area (TPSA) is 132 Å². The summed E-state index contributed by atoms with van der Waals surface area (Å²) in [4.78, 5) is 19.1. The highest BCUT2D eigenvalue weighted by Crippen LogP contribution is 2.29. The van der Waals surface area contributed by atoms with Crippen LogP contribution in [0.2, 0.25) is 0 Å². The lowest BCUT2D eigenvalue weighted by atomic mass is 9.86. The molecule has 1 aliphatic rings. The SMILES string of the molecule is Cc1cc(CN[C@H]2CC[C@H](CNc3nc(NCc4ccccc4OC(F)(F)F)ncc3[N+](=O)[O-])CC2)n(C)n1. The van der Waals surface area contributed by atoms with Crippen LogP contribution in [-0.2, 0) is 20.1 Å². The van der Waals surface area contributed by atoms with Gasteiger partial charge in [0.25, 0.3) is 0 Å². The highest BCUT2D eigenvalue weighted by atomic mass is 19.4. The Morgan fingerprint density at radius 1 is 1.15 bits per heavy atom. The highest BCUT2D eigenvalue weighted by molar-refractivity contribution is 5.57. The van der Waals surface area contributed by atoms with Gasteiger partial charge >= 0.3 is 12.0 Å². The zero-order valence-electron chi connectivity index (χ0n) is 21.7. The zero-order valence-corrected chi connectivity index (χ0v) is 21.7. The number of hydrogen-bond acceptors (Lipinski definition) is 9. The van der Waals surface area contributed by atoms with Crippen molar-refractivity contribution in [2.75, 3.05) is 17.2 Å². The van der Waals surface area contributed by atoms with E-state index in [0.717, 1.165) is 49.8 Å². The molecule has 0 atom stereocenters. The number of nitro groups is 1. The Morgan fingerprint density at radius 3 is 2.56 bits per heavy atom. The Labute approximate surface area is 223 Å². The average molecular weight is 549 g/mol. The highest BCUT2D eigenvalue weighted by Gasteiger charge is 2.32. The van der Waals surface area contributed by atoms with Crippen molar-refractivity contribution < 1.29 is 22.8 Å². The Hall–Kier alpha value is -3.94. The van der Waals surface area contributed by atoms with Crippen molar-refractivity contribution >= 4 is 17.5 Å². The van der Waals surface area contributed by atoms with Gasteiger partial charge in [0.15, 0.2) is 0 Å². The molecule has 39 heavy (non-hydrogen) atoms. The number of alkyl halides is 3. The van der Waals surface area contributed by atoms with Gasteiger partial charge in [-0.05, 0) is 50.7 Å². The van der Waals surface area contributed by atoms with Crippen LogP contribution in [0.4, 0.5) is 30.6 Å². The van der Waals surface area contributed by atoms with E-state index in [1.807, 2.05) is 18.7 Å². The summed E-state index contributed by atoms with van der Waals surface area (Å²) in [6.45, 7) is 3.15. The lowest BCUT2D eigenvalue weighted by Gasteiger charge is -2.29. The molecule has 0 aliphatic heterocycles. The van der Waals surface area contributed by atoms with Crippen LogP contribution < -0.4 is 20.7 Å². The number of nitrogens with one attached hydrogen (secondary N) is 3. The summed E-state index contributed by atoms with van der Waals surface area (Å²) >= 11 is 0. The van der Waals surface area contributed by atoms with Crippen molar-refractivity contribution in [3.05, 3.63) is 63.6 Å². The van der Waals surface area contributed by atoms with Gasteiger partial charge in [-0.3, -0.25) is 14.8 Å². The van der Waals surface area contributed by atoms with Gasteiger partial charge in [-0.2, -0.15) is 10.1 Å². The molecular weight excluding hydrogens is 517 g/mol. The summed E-state index contributed by atoms with van der Waals surface area (Å²) in [6.07, 6.45) is 0.133. The second kappa shape index (κ2) is 12.3. The maximum Gasteiger partial charge on any atom is 0.573 e. The van der Waals surface area contributed by atoms with Crippen LogP contribution in [0.25, 0.3) is 0 Å². The predicted octanol–water partition coefficient (Wildman–Crippen LogP) is 4.70. The van der Waals surface area contributed by atoms with Crippen LogP contribution in [0.15, 0.2) is 36.5 Å². The first-order chi connectivity index (χ1) is 18.6. The third-order valence-electron chi connectivity index (χ3n) is 6.68. The van der Waals surface area contributed by atoms with Gasteiger partial charge in [0, 0.05) is 38.3 Å². The Bertz CT molecular complexity index is 1280. The lowest BCUT2D eigenvalue weighted by Crippen LogP contribution is -2.34. The Kier molecular flexibility index (Phi) is 8.84. The van der Waals surface area contributed by atoms with E-state index in [2.05, 4.69) is 41.8 Å². The number of rotatable bonds is 11. The number of para-hydroxylation sites is 1. The van der Waals surface area contributed by atoms with E-state index in [4.69, 9.17) is 0 Å². The number of nitrogens with zero attached hydrogens (tertiary/aromatic N) is 5. The van der Waals surface area contributed by atoms with Crippen LogP contribution in [-0.4, -0.2) is 43.6 Å². The van der Waals surface area contributed by atoms with Gasteiger partial charge < -0.3 is 20.7 Å². The molecule has 0 spiro atoms. The molecule has 4 rings (SSSR count). The van der Waals surface area contributed by atoms with Crippen LogP contribution in [0.5, 0.6) is 5.75 Å². The van der Waals surface area contributed by atoms with Gasteiger partial charge in [-0.15, -0.1) is 13.2 Å². The number of aromatic nitrogens is 4. The minimum absolute atomic E-state index is 0.0446. The molecule has 1 aliphatic carbocycles. The molecule has 0 amide bonds. The number of aryl methyl sites for hydroxylation is 2. The van der Waals surface area contributed by atoms with Crippen molar-refractivity contribution in [3.63, 3.8) is 0 Å². The molecule has 1 fully saturated rings. The first-order valence-corrected chi connectivity index (χ1v) is 12.6. The second-order valence-electron chi connectivity index (χ2n) is 9.57. The average Bonchev–Trinajstić information content (AvgIpc) is 3.21. The minimum atomic E-state index is -4.83. The van der Waals surface area contributed by atoms with Crippen molar-refractivity contribution in [2.45, 2.75) is 58.1 Å². The van der Waals surface area contributed by atoms with E-state index in [0.29, 0.717) is 18.5 Å². The van der Waals surface area contributed by atoms with E-state index in [9.17, 15) is 23.3 Å². The zero-order chi connectivity index (χ0) is 28.0. The summed E-state index contributed by atoms with van der Waals surface area (Å²) in [5.74, 6) is 0.0741. The maximum atomic E-state index is 12.7. The number of ether oxygens (including phenoxy) is 1. The normalized spacial score (nSPS) is 17.6. The van der Waals surface area contributed by atoms with Crippen molar-refractivity contribution in [3.8, 4) is 5.75 Å². The first-order valence-electron chi connectivity index (χ1n) is 12.6. The summed E-state index contributed by atoms with van der Waals surface area (Å²) in [5.41, 5.74) is 2.08. The van der Waals surface area contributed by atoms with E-state index in [1.54, 1.807) is 6.07 Å². The van der Waals surface area contributed by atoms with Gasteiger partial charge in [-0.25, -0.2) is 4.98 Å². The molecule has 1 saturated carbocycles. The monoisotopic (exact) mass is 548 g/mol. The summed E-state index contributed by atoms with van der Waals surface area (Å²) < 4.78 is 44.0. The van der Waals surface area contributed by atoms with E-state index >= 15 is 0 Å². The first kappa shape index (κ1) is 28.1. The van der Waals surface area contributed by atoms with Crippen LogP contribution in [0.3, 0.4) is 0 Å². The summed E-state index contributed by atoms with van der Waals surface area (Å²) in [6, 6.07) is 8.15. The number of hydrogen-bond donors (Lipinski definition) is 3. The molecule has 0 bridgehead atoms. The number of benzene rings is 1. The standard InChI is InChI=1S/C25H31F3N8O3/c1-16-11-20(35(2)34-16)14-29-19-9-7-17(8-10-19)12-30-23-21(36(37)38)15-32-24(33-23)31-13-18-5-3-4-6-22(18)39-25(26,27)28/h3-6,11,15,17,19,29H,7-10,12-14H2,1-2H3,(H2,30,31,32,33)/t17-,19-. The largest absolute Gasteiger partial charge is 0.573 e. The van der Waals surface area contributed by atoms with Crippen molar-refractivity contribution in [2.24, 2.45) is 13.0 Å². The molecule has 3 N–H and O–H groups in total. The molecule has 3 aromatic rings. The number of anilines is 2. The Balaban J connectivity index is 1.31. The third kappa shape index (κ3) is 8.02. The third-order valence-corrected chi connectivity index (χ3v) is 6.68. The van der Waals surface area contributed by atoms with Gasteiger partial charge in [-0.1, -0.05) is 18.2 Å². The minimum Gasteiger partial charge on any atom is -0.405 e. The van der Waals surface area contributed by atoms with Gasteiger partial charge in [0.1, 0.15) is 11.9 Å². The lowest BCUT2D eigenvalue weighted by molar-refractivity contribution is -0.384. The fraction of sp³-hybridized carbons (Fsp3) is 0.480. The molecule has 14 heteroatoms. The molecule has 1 aromatic carbocycles. The van der Waals surface area contributed by atoms with Crippen LogP contribution >= 0.6 is 0 Å². The molecular formula is C25H31F3N8O3. The quantitative estimate of drug-likeness (QED) is 0.230. The maximum absolute atomic E-state index is 12.7. The predicted molar refractivity (Wildman–Crippen MR) is 138 cm³/mol. The Morgan fingerprint density at radius 2 is 1.90 bits per heavy atom. The molecule has 2 aromatic heterocycles. The molecule has 0 radical (unpaired) electrons. The van der Waals surface area contributed by atoms with Gasteiger partial charge in [0.05, 0.1) is 16.3 Å². The van der Waals surface area contributed by atoms with E-state index < -0.39 is 11.3 Å². The molecule has 0 saturated heterocycles. The molecule has 210 valence electrons. The molecule has 11 nitrogen and oxygen atoms in total. The van der Waals surface area contributed by atoms with Crippen LogP contribution in [0.1, 0.15) is 42.6 Å². The molecule has 2 heterocycles. The fourth-order valence-corrected chi connectivity index (χ4v) is 4.66. The summed E-state index contributed by atoms with van der Waals surface area (Å²) in [5, 5.41) is 25.4. The summed E-state index contributed by atoms with van der Waals surface area (Å²) in [7, 11) is 1.93. The van der Waals surface area contributed by atoms with E-state index in [-0.39, 0.29) is 35.3 Å². The van der Waals surface area contributed by atoms with E-state index in [1.165, 1.54) is 18.2 Å². The molecule has 0 unspecified atom stereocenters. The smallest absolute Gasteiger partial charge is 0.405 e. The second-order valence-corrected chi connectivity index (χ2v) is 9.57. The van der Waals surface area contributed by atoms with Crippen molar-refractivity contribution in [1.82, 2.24) is 25.1 Å². The van der Waals surface area contributed by atoms with Gasteiger partial charge in [0.2, 0.25) is 11.8 Å². The van der Waals surface area contributed by atoms with Crippen LogP contribution in [0, 0.1) is 23.0 Å². The number of halogens is 3. The van der Waals surface area contributed by atoms with Crippen molar-refractivity contribution in [1.29, 1.82) is 0 Å².